The quantitative estimate of drug-likeness (QED) is 0.556. The molecule has 0 radical (unpaired) electrons. The van der Waals surface area contributed by atoms with Crippen molar-refractivity contribution in [2.45, 2.75) is 51.7 Å². The van der Waals surface area contributed by atoms with E-state index in [-0.39, 0.29) is 5.91 Å². The molecule has 1 fully saturated rings. The predicted octanol–water partition coefficient (Wildman–Crippen LogP) is 3.27. The molecule has 1 aliphatic rings. The minimum Gasteiger partial charge on any atom is -0.489 e. The number of aryl methyl sites for hydroxylation is 2. The number of ether oxygens (including phenoxy) is 1. The van der Waals surface area contributed by atoms with E-state index in [0.29, 0.717) is 6.61 Å². The van der Waals surface area contributed by atoms with Gasteiger partial charge in [0.1, 0.15) is 18.4 Å². The molecule has 0 aliphatic heterocycles. The van der Waals surface area contributed by atoms with Gasteiger partial charge in [0.15, 0.2) is 0 Å². The highest BCUT2D eigenvalue weighted by Crippen LogP contribution is 2.50. The Balaban J connectivity index is 1.67. The van der Waals surface area contributed by atoms with Crippen molar-refractivity contribution < 1.29 is 19.5 Å². The molecule has 2 N–H and O–H groups in total. The number of likely N-dealkylation sites (N-methyl/N-ethyl adjacent to an activating group) is 1. The number of benzene rings is 2. The molecule has 0 unspecified atom stereocenters. The fourth-order valence-corrected chi connectivity index (χ4v) is 3.57. The Morgan fingerprint density at radius 3 is 2.38 bits per heavy atom. The number of hydrogen-bond donors (Lipinski definition) is 2. The van der Waals surface area contributed by atoms with Crippen LogP contribution >= 0.6 is 0 Å². The Kier molecular flexibility index (Phi) is 5.94. The smallest absolute Gasteiger partial charge is 0.265 e. The molecule has 2 aromatic rings. The molecule has 2 aromatic carbocycles. The summed E-state index contributed by atoms with van der Waals surface area (Å²) >= 11 is 0. The molecule has 0 aromatic heterocycles. The van der Waals surface area contributed by atoms with Crippen molar-refractivity contribution in [3.63, 3.8) is 0 Å². The maximum atomic E-state index is 13.0. The van der Waals surface area contributed by atoms with Gasteiger partial charge in [-0.1, -0.05) is 35.9 Å². The summed E-state index contributed by atoms with van der Waals surface area (Å²) in [7, 11) is 1.59. The van der Waals surface area contributed by atoms with E-state index in [9.17, 15) is 9.59 Å². The number of nitrogens with one attached hydrogen (secondary N) is 1. The summed E-state index contributed by atoms with van der Waals surface area (Å²) in [5, 5.41) is 8.81. The van der Waals surface area contributed by atoms with E-state index in [1.165, 1.54) is 16.0 Å². The highest BCUT2D eigenvalue weighted by molar-refractivity contribution is 5.94. The van der Waals surface area contributed by atoms with Gasteiger partial charge in [-0.25, -0.2) is 5.48 Å². The third-order valence-electron chi connectivity index (χ3n) is 5.85. The van der Waals surface area contributed by atoms with Crippen molar-refractivity contribution in [3.8, 4) is 5.75 Å². The molecule has 154 valence electrons. The van der Waals surface area contributed by atoms with Gasteiger partial charge in [0.2, 0.25) is 5.91 Å². The van der Waals surface area contributed by atoms with E-state index >= 15 is 0 Å². The largest absolute Gasteiger partial charge is 0.489 e. The lowest BCUT2D eigenvalue weighted by molar-refractivity contribution is -0.143. The van der Waals surface area contributed by atoms with Gasteiger partial charge in [-0.2, -0.15) is 0 Å². The number of carbonyl (C=O) groups excluding carboxylic acids is 2. The first-order valence-electron chi connectivity index (χ1n) is 9.79. The summed E-state index contributed by atoms with van der Waals surface area (Å²) in [5.74, 6) is 0.0303. The monoisotopic (exact) mass is 396 g/mol. The van der Waals surface area contributed by atoms with Crippen molar-refractivity contribution >= 4 is 11.8 Å². The van der Waals surface area contributed by atoms with E-state index in [1.807, 2.05) is 24.3 Å². The standard InChI is InChI=1S/C23H28N2O4/c1-15-5-6-18(16(2)13-15)14-29-20-9-7-19(8-10-20)23(11-12-23)22(27)25(4)17(3)21(26)24-28/h5-10,13,17,28H,11-12,14H2,1-4H3,(H,24,26)/t17-/m0/s1. The van der Waals surface area contributed by atoms with Gasteiger partial charge in [0.25, 0.3) is 5.91 Å². The zero-order chi connectivity index (χ0) is 21.2. The van der Waals surface area contributed by atoms with E-state index in [2.05, 4.69) is 32.0 Å². The van der Waals surface area contributed by atoms with Crippen LogP contribution < -0.4 is 10.2 Å². The van der Waals surface area contributed by atoms with Gasteiger partial charge < -0.3 is 9.64 Å². The Morgan fingerprint density at radius 1 is 1.17 bits per heavy atom. The van der Waals surface area contributed by atoms with E-state index in [4.69, 9.17) is 9.94 Å². The molecule has 0 spiro atoms. The highest BCUT2D eigenvalue weighted by Gasteiger charge is 2.53. The summed E-state index contributed by atoms with van der Waals surface area (Å²) in [5.41, 5.74) is 5.51. The van der Waals surface area contributed by atoms with E-state index in [1.54, 1.807) is 19.5 Å². The fourth-order valence-electron chi connectivity index (χ4n) is 3.57. The average molecular weight is 396 g/mol. The number of carbonyl (C=O) groups is 2. The summed E-state index contributed by atoms with van der Waals surface area (Å²) < 4.78 is 5.92. The first-order valence-corrected chi connectivity index (χ1v) is 9.79. The molecule has 1 saturated carbocycles. The number of rotatable bonds is 7. The zero-order valence-electron chi connectivity index (χ0n) is 17.4. The lowest BCUT2D eigenvalue weighted by atomic mass is 9.93. The average Bonchev–Trinajstić information content (AvgIpc) is 3.53. The van der Waals surface area contributed by atoms with Crippen LogP contribution in [0.3, 0.4) is 0 Å². The summed E-state index contributed by atoms with van der Waals surface area (Å²) in [4.78, 5) is 26.0. The van der Waals surface area contributed by atoms with Crippen LogP contribution in [0.15, 0.2) is 42.5 Å². The van der Waals surface area contributed by atoms with Gasteiger partial charge in [-0.05, 0) is 62.4 Å². The lowest BCUT2D eigenvalue weighted by Gasteiger charge is -2.28. The van der Waals surface area contributed by atoms with Crippen LogP contribution in [0.5, 0.6) is 5.75 Å². The normalized spacial score (nSPS) is 15.3. The van der Waals surface area contributed by atoms with Crippen LogP contribution in [0.1, 0.15) is 42.0 Å². The van der Waals surface area contributed by atoms with Gasteiger partial charge in [0, 0.05) is 7.05 Å². The number of amides is 2. The van der Waals surface area contributed by atoms with E-state index < -0.39 is 17.4 Å². The van der Waals surface area contributed by atoms with Crippen molar-refractivity contribution in [2.75, 3.05) is 7.05 Å². The van der Waals surface area contributed by atoms with Crippen LogP contribution in [0.25, 0.3) is 0 Å². The van der Waals surface area contributed by atoms with Crippen molar-refractivity contribution in [1.82, 2.24) is 10.4 Å². The first-order chi connectivity index (χ1) is 13.8. The second-order valence-corrected chi connectivity index (χ2v) is 7.89. The molecule has 2 amide bonds. The molecule has 1 aliphatic carbocycles. The van der Waals surface area contributed by atoms with E-state index in [0.717, 1.165) is 29.7 Å². The van der Waals surface area contributed by atoms with Gasteiger partial charge in [0.05, 0.1) is 5.41 Å². The molecule has 0 bridgehead atoms. The molecule has 6 nitrogen and oxygen atoms in total. The van der Waals surface area contributed by atoms with Crippen molar-refractivity contribution in [1.29, 1.82) is 0 Å². The Bertz CT molecular complexity index is 904. The Labute approximate surface area is 171 Å². The van der Waals surface area contributed by atoms with Crippen molar-refractivity contribution in [3.05, 3.63) is 64.7 Å². The maximum Gasteiger partial charge on any atom is 0.265 e. The van der Waals surface area contributed by atoms with Crippen LogP contribution in [-0.4, -0.2) is 35.0 Å². The summed E-state index contributed by atoms with van der Waals surface area (Å²) in [6, 6.07) is 13.2. The van der Waals surface area contributed by atoms with Gasteiger partial charge in [-0.3, -0.25) is 14.8 Å². The second-order valence-electron chi connectivity index (χ2n) is 7.89. The number of nitrogens with zero attached hydrogens (tertiary/aromatic N) is 1. The van der Waals surface area contributed by atoms with Gasteiger partial charge in [-0.15, -0.1) is 0 Å². The SMILES string of the molecule is Cc1ccc(COc2ccc(C3(C(=O)N(C)[C@@H](C)C(=O)NO)CC3)cc2)c(C)c1. The molecular formula is C23H28N2O4. The Hall–Kier alpha value is -2.86. The molecule has 3 rings (SSSR count). The second kappa shape index (κ2) is 8.25. The predicted molar refractivity (Wildman–Crippen MR) is 110 cm³/mol. The zero-order valence-corrected chi connectivity index (χ0v) is 17.4. The molecule has 0 heterocycles. The molecule has 29 heavy (non-hydrogen) atoms. The van der Waals surface area contributed by atoms with Crippen LogP contribution in [-0.2, 0) is 21.6 Å². The van der Waals surface area contributed by atoms with Crippen LogP contribution in [0.2, 0.25) is 0 Å². The van der Waals surface area contributed by atoms with Crippen LogP contribution in [0.4, 0.5) is 0 Å². The molecule has 6 heteroatoms. The number of hydrogen-bond acceptors (Lipinski definition) is 4. The van der Waals surface area contributed by atoms with Gasteiger partial charge >= 0.3 is 0 Å². The lowest BCUT2D eigenvalue weighted by Crippen LogP contribution is -2.48. The third kappa shape index (κ3) is 4.27. The number of hydroxylamine groups is 1. The third-order valence-corrected chi connectivity index (χ3v) is 5.85. The molecule has 1 atom stereocenters. The summed E-state index contributed by atoms with van der Waals surface area (Å²) in [6.45, 7) is 6.22. The summed E-state index contributed by atoms with van der Waals surface area (Å²) in [6.07, 6.45) is 1.48. The minimum atomic E-state index is -0.745. The topological polar surface area (TPSA) is 78.9 Å². The first kappa shape index (κ1) is 20.9. The maximum absolute atomic E-state index is 13.0. The Morgan fingerprint density at radius 2 is 1.83 bits per heavy atom. The van der Waals surface area contributed by atoms with Crippen molar-refractivity contribution in [2.24, 2.45) is 0 Å². The fraction of sp³-hybridized carbons (Fsp3) is 0.391. The highest BCUT2D eigenvalue weighted by atomic mass is 16.5. The minimum absolute atomic E-state index is 0.113. The molecule has 0 saturated heterocycles. The van der Waals surface area contributed by atoms with Crippen LogP contribution in [0, 0.1) is 13.8 Å². The molecular weight excluding hydrogens is 368 g/mol.